The molecule has 240 valence electrons. The summed E-state index contributed by atoms with van der Waals surface area (Å²) >= 11 is 1.68. The summed E-state index contributed by atoms with van der Waals surface area (Å²) in [6.45, 7) is 11.1. The van der Waals surface area contributed by atoms with Crippen molar-refractivity contribution in [3.63, 3.8) is 0 Å². The molecule has 45 heavy (non-hydrogen) atoms. The van der Waals surface area contributed by atoms with Gasteiger partial charge in [-0.05, 0) is 69.0 Å². The lowest BCUT2D eigenvalue weighted by Gasteiger charge is -2.38. The summed E-state index contributed by atoms with van der Waals surface area (Å²) in [6, 6.07) is 16.2. The van der Waals surface area contributed by atoms with Gasteiger partial charge in [0, 0.05) is 42.4 Å². The third-order valence-corrected chi connectivity index (χ3v) is 11.7. The number of carbonyl (C=O) groups is 3. The quantitative estimate of drug-likeness (QED) is 0.207. The van der Waals surface area contributed by atoms with E-state index in [2.05, 4.69) is 20.1 Å². The lowest BCUT2D eigenvalue weighted by Crippen LogP contribution is -2.55. The van der Waals surface area contributed by atoms with E-state index in [1.54, 1.807) is 45.7 Å². The summed E-state index contributed by atoms with van der Waals surface area (Å²) in [5, 5.41) is 9.26. The number of hydrogen-bond acceptors (Lipinski definition) is 6. The van der Waals surface area contributed by atoms with Gasteiger partial charge in [0.05, 0.1) is 23.7 Å². The Morgan fingerprint density at radius 2 is 1.58 bits per heavy atom. The Morgan fingerprint density at radius 3 is 2.20 bits per heavy atom. The van der Waals surface area contributed by atoms with E-state index in [4.69, 9.17) is 4.74 Å². The Bertz CT molecular complexity index is 1400. The van der Waals surface area contributed by atoms with E-state index in [9.17, 15) is 19.5 Å². The molecule has 5 atom stereocenters. The molecule has 3 saturated heterocycles. The topological polar surface area (TPSA) is 90.4 Å². The van der Waals surface area contributed by atoms with Crippen molar-refractivity contribution >= 4 is 40.9 Å². The molecule has 3 aliphatic heterocycles. The van der Waals surface area contributed by atoms with E-state index in [0.29, 0.717) is 37.4 Å². The smallest absolute Gasteiger partial charge is 0.251 e. The number of thioether (sulfide) groups is 1. The predicted octanol–water partition coefficient (Wildman–Crippen LogP) is 5.47. The van der Waals surface area contributed by atoms with Crippen molar-refractivity contribution in [1.82, 2.24) is 4.90 Å². The number of aliphatic hydroxyl groups excluding tert-OH is 1. The second-order valence-electron chi connectivity index (χ2n) is 12.4. The lowest BCUT2D eigenvalue weighted by atomic mass is 9.66. The van der Waals surface area contributed by atoms with E-state index in [0.717, 1.165) is 31.4 Å². The Morgan fingerprint density at radius 1 is 0.956 bits per heavy atom. The summed E-state index contributed by atoms with van der Waals surface area (Å²) in [6.07, 6.45) is 7.95. The highest BCUT2D eigenvalue weighted by atomic mass is 32.2. The molecular weight excluding hydrogens is 586 g/mol. The van der Waals surface area contributed by atoms with Crippen LogP contribution in [0.25, 0.3) is 0 Å². The molecule has 1 N–H and O–H groups in total. The number of anilines is 2. The monoisotopic (exact) mass is 631 g/mol. The normalized spacial score (nSPS) is 26.4. The van der Waals surface area contributed by atoms with Gasteiger partial charge < -0.3 is 24.5 Å². The number of nitrogens with zero attached hydrogens (tertiary/aromatic N) is 3. The molecule has 9 heteroatoms. The van der Waals surface area contributed by atoms with Gasteiger partial charge in [0.2, 0.25) is 11.8 Å². The minimum absolute atomic E-state index is 0.0925. The molecule has 5 rings (SSSR count). The van der Waals surface area contributed by atoms with Gasteiger partial charge >= 0.3 is 0 Å². The van der Waals surface area contributed by atoms with E-state index in [1.165, 1.54) is 0 Å². The third kappa shape index (κ3) is 5.92. The van der Waals surface area contributed by atoms with Gasteiger partial charge in [0.15, 0.2) is 0 Å². The summed E-state index contributed by atoms with van der Waals surface area (Å²) in [5.74, 6) is -0.854. The van der Waals surface area contributed by atoms with Gasteiger partial charge in [-0.1, -0.05) is 43.2 Å². The molecule has 3 amide bonds. The predicted molar refractivity (Wildman–Crippen MR) is 181 cm³/mol. The Kier molecular flexibility index (Phi) is 10.1. The number of fused-ring (bicyclic) bond motifs is 1. The second-order valence-corrected chi connectivity index (χ2v) is 14.3. The standard InChI is InChI=1S/C36H45N3O5S/c1-5-22-37(26-14-10-9-11-15-26)32(41)29-30-33(42)39(24-12-7-8-13-25-40)31(36(30)21-20-35(29,3)45-36)34(43)38(23-6-2)27-16-18-28(44-4)19-17-27/h5-6,9-11,14-19,29-31,40H,1-2,7-8,12-13,20-25H2,3-4H3/t29-,30+,31?,35+,36?/m1/s1. The van der Waals surface area contributed by atoms with Crippen molar-refractivity contribution in [2.75, 3.05) is 43.2 Å². The number of hydrogen-bond donors (Lipinski definition) is 1. The van der Waals surface area contributed by atoms with Crippen LogP contribution < -0.4 is 14.5 Å². The molecule has 3 aliphatic rings. The fourth-order valence-electron chi connectivity index (χ4n) is 7.66. The van der Waals surface area contributed by atoms with Crippen LogP contribution in [0.3, 0.4) is 0 Å². The fraction of sp³-hybridized carbons (Fsp3) is 0.472. The first kappa shape index (κ1) is 32.8. The van der Waals surface area contributed by atoms with Gasteiger partial charge in [-0.2, -0.15) is 0 Å². The average molecular weight is 632 g/mol. The summed E-state index contributed by atoms with van der Waals surface area (Å²) in [5.41, 5.74) is 1.47. The van der Waals surface area contributed by atoms with Crippen molar-refractivity contribution in [2.24, 2.45) is 11.8 Å². The van der Waals surface area contributed by atoms with Gasteiger partial charge in [0.25, 0.3) is 5.91 Å². The van der Waals surface area contributed by atoms with Crippen molar-refractivity contribution in [3.8, 4) is 5.75 Å². The number of rotatable bonds is 15. The van der Waals surface area contributed by atoms with Gasteiger partial charge in [-0.3, -0.25) is 14.4 Å². The molecule has 0 radical (unpaired) electrons. The average Bonchev–Trinajstić information content (AvgIpc) is 3.62. The molecule has 3 fully saturated rings. The number of methoxy groups -OCH3 is 1. The lowest BCUT2D eigenvalue weighted by molar-refractivity contribution is -0.139. The molecular formula is C36H45N3O5S. The maximum absolute atomic E-state index is 14.8. The number of ether oxygens (including phenoxy) is 1. The van der Waals surface area contributed by atoms with Crippen LogP contribution in [0, 0.1) is 11.8 Å². The van der Waals surface area contributed by atoms with E-state index in [1.807, 2.05) is 54.6 Å². The second kappa shape index (κ2) is 13.8. The van der Waals surface area contributed by atoms with Crippen LogP contribution in [0.5, 0.6) is 5.75 Å². The number of unbranched alkanes of at least 4 members (excludes halogenated alkanes) is 3. The molecule has 2 aromatic rings. The minimum Gasteiger partial charge on any atom is -0.497 e. The molecule has 1 spiro atoms. The van der Waals surface area contributed by atoms with Crippen LogP contribution >= 0.6 is 11.8 Å². The molecule has 2 unspecified atom stereocenters. The van der Waals surface area contributed by atoms with Crippen molar-refractivity contribution in [1.29, 1.82) is 0 Å². The number of benzene rings is 2. The van der Waals surface area contributed by atoms with Crippen LogP contribution in [0.2, 0.25) is 0 Å². The number of amides is 3. The number of likely N-dealkylation sites (tertiary alicyclic amines) is 1. The number of aliphatic hydroxyl groups is 1. The zero-order valence-corrected chi connectivity index (χ0v) is 27.2. The van der Waals surface area contributed by atoms with E-state index < -0.39 is 27.4 Å². The zero-order valence-electron chi connectivity index (χ0n) is 26.4. The van der Waals surface area contributed by atoms with E-state index in [-0.39, 0.29) is 30.9 Å². The molecule has 0 saturated carbocycles. The van der Waals surface area contributed by atoms with Crippen LogP contribution in [0.1, 0.15) is 45.4 Å². The highest BCUT2D eigenvalue weighted by Crippen LogP contribution is 2.71. The molecule has 2 aromatic carbocycles. The summed E-state index contributed by atoms with van der Waals surface area (Å²) in [7, 11) is 1.60. The molecule has 0 aliphatic carbocycles. The first-order valence-electron chi connectivity index (χ1n) is 15.9. The van der Waals surface area contributed by atoms with Gasteiger partial charge in [0.1, 0.15) is 11.8 Å². The molecule has 3 heterocycles. The van der Waals surface area contributed by atoms with Crippen molar-refractivity contribution in [3.05, 3.63) is 79.9 Å². The van der Waals surface area contributed by atoms with Gasteiger partial charge in [-0.15, -0.1) is 24.9 Å². The van der Waals surface area contributed by atoms with Crippen molar-refractivity contribution < 1.29 is 24.2 Å². The minimum atomic E-state index is -0.725. The largest absolute Gasteiger partial charge is 0.497 e. The first-order valence-corrected chi connectivity index (χ1v) is 16.7. The van der Waals surface area contributed by atoms with Crippen LogP contribution in [0.15, 0.2) is 79.9 Å². The van der Waals surface area contributed by atoms with Crippen LogP contribution in [-0.2, 0) is 14.4 Å². The van der Waals surface area contributed by atoms with Crippen molar-refractivity contribution in [2.45, 2.75) is 61.0 Å². The maximum atomic E-state index is 14.8. The highest BCUT2D eigenvalue weighted by Gasteiger charge is 2.77. The van der Waals surface area contributed by atoms with Crippen LogP contribution in [-0.4, -0.2) is 76.6 Å². The fourth-order valence-corrected chi connectivity index (χ4v) is 10.0. The molecule has 8 nitrogen and oxygen atoms in total. The Labute approximate surface area is 271 Å². The number of carbonyl (C=O) groups excluding carboxylic acids is 3. The zero-order chi connectivity index (χ0) is 32.2. The summed E-state index contributed by atoms with van der Waals surface area (Å²) in [4.78, 5) is 49.3. The Balaban J connectivity index is 1.55. The first-order chi connectivity index (χ1) is 21.8. The summed E-state index contributed by atoms with van der Waals surface area (Å²) < 4.78 is 4.13. The number of para-hydroxylation sites is 1. The Hall–Kier alpha value is -3.56. The highest BCUT2D eigenvalue weighted by molar-refractivity contribution is 8.02. The third-order valence-electron chi connectivity index (χ3n) is 9.69. The molecule has 2 bridgehead atoms. The maximum Gasteiger partial charge on any atom is 0.251 e. The molecule has 0 aromatic heterocycles. The van der Waals surface area contributed by atoms with Gasteiger partial charge in [-0.25, -0.2) is 0 Å². The van der Waals surface area contributed by atoms with E-state index >= 15 is 0 Å². The van der Waals surface area contributed by atoms with Crippen LogP contribution in [0.4, 0.5) is 11.4 Å². The SMILES string of the molecule is C=CCN(C(=O)C1N(CCCCCCO)C(=O)[C@@H]2[C@H](C(=O)N(CC=C)c3ccccc3)[C@]3(C)CCC12S3)c1ccc(OC)cc1.